The van der Waals surface area contributed by atoms with Gasteiger partial charge in [-0.3, -0.25) is 12.2 Å². The summed E-state index contributed by atoms with van der Waals surface area (Å²) in [6.07, 6.45) is 11.0. The van der Waals surface area contributed by atoms with Crippen LogP contribution >= 0.6 is 0 Å². The summed E-state index contributed by atoms with van der Waals surface area (Å²) in [5, 5.41) is 0. The van der Waals surface area contributed by atoms with Gasteiger partial charge in [0.1, 0.15) is 0 Å². The molecular weight excluding hydrogens is 406 g/mol. The van der Waals surface area contributed by atoms with Crippen LogP contribution in [0.1, 0.15) is 41.5 Å². The van der Waals surface area contributed by atoms with Crippen molar-refractivity contribution in [3.8, 4) is 0 Å². The van der Waals surface area contributed by atoms with Gasteiger partial charge in [-0.2, -0.15) is 12.2 Å². The van der Waals surface area contributed by atoms with Crippen molar-refractivity contribution in [1.29, 1.82) is 0 Å². The maximum Gasteiger partial charge on any atom is -1.00 e. The van der Waals surface area contributed by atoms with Gasteiger partial charge in [0.05, 0.1) is 0 Å². The summed E-state index contributed by atoms with van der Waals surface area (Å²) in [4.78, 5) is 0. The molecule has 2 atom stereocenters. The van der Waals surface area contributed by atoms with Crippen molar-refractivity contribution in [2.75, 3.05) is 0 Å². The van der Waals surface area contributed by atoms with Crippen LogP contribution in [0.3, 0.4) is 0 Å². The maximum absolute atomic E-state index is 3.29. The molecule has 0 fully saturated rings. The van der Waals surface area contributed by atoms with Gasteiger partial charge in [0.25, 0.3) is 0 Å². The molecule has 0 aliphatic heterocycles. The Hall–Kier alpha value is 0.640. The average molecular weight is 435 g/mol. The van der Waals surface area contributed by atoms with Gasteiger partial charge in [-0.05, 0) is 0 Å². The summed E-state index contributed by atoms with van der Waals surface area (Å²) in [6, 6.07) is 0. The van der Waals surface area contributed by atoms with Crippen molar-refractivity contribution in [3.63, 3.8) is 0 Å². The maximum atomic E-state index is 3.29. The van der Waals surface area contributed by atoms with Crippen LogP contribution < -0.4 is 24.8 Å². The molecule has 4 heteroatoms. The van der Waals surface area contributed by atoms with Gasteiger partial charge in [-0.25, -0.2) is 22.3 Å². The molecule has 0 spiro atoms. The van der Waals surface area contributed by atoms with E-state index >= 15 is 0 Å². The fraction of sp³-hybridized carbons (Fsp3) is 0.556. The van der Waals surface area contributed by atoms with E-state index in [-0.39, 0.29) is 30.2 Å². The molecule has 2 aliphatic carbocycles. The summed E-state index contributed by atoms with van der Waals surface area (Å²) >= 11 is 1.74. The molecule has 0 saturated carbocycles. The number of allylic oxidation sites excluding steroid dienone is 8. The molecule has 0 nitrogen and oxygen atoms in total. The Morgan fingerprint density at radius 1 is 0.818 bits per heavy atom. The predicted molar refractivity (Wildman–Crippen MR) is 88.2 cm³/mol. The van der Waals surface area contributed by atoms with Crippen LogP contribution in [0.5, 0.6) is 0 Å². The van der Waals surface area contributed by atoms with Crippen LogP contribution in [-0.4, -0.2) is 5.43 Å². The summed E-state index contributed by atoms with van der Waals surface area (Å²) in [6.45, 7) is 17.4. The summed E-state index contributed by atoms with van der Waals surface area (Å²) in [5.41, 5.74) is 5.62. The Morgan fingerprint density at radius 2 is 1.05 bits per heavy atom. The van der Waals surface area contributed by atoms with Crippen LogP contribution in [0.15, 0.2) is 34.4 Å². The van der Waals surface area contributed by atoms with Crippen LogP contribution in [0.4, 0.5) is 0 Å². The minimum Gasteiger partial charge on any atom is -1.00 e. The molecule has 0 N–H and O–H groups in total. The van der Waals surface area contributed by atoms with Crippen molar-refractivity contribution in [2.24, 2.45) is 11.8 Å². The normalized spacial score (nSPS) is 21.4. The predicted octanol–water partition coefficient (Wildman–Crippen LogP) is -0.544. The molecule has 2 aliphatic rings. The van der Waals surface area contributed by atoms with E-state index in [0.717, 1.165) is 0 Å². The number of halogens is 2. The number of hydrogen-bond donors (Lipinski definition) is 0. The van der Waals surface area contributed by atoms with Crippen LogP contribution in [0, 0.1) is 24.0 Å². The fourth-order valence-corrected chi connectivity index (χ4v) is 1.99. The molecule has 0 radical (unpaired) electrons. The summed E-state index contributed by atoms with van der Waals surface area (Å²) in [5.74, 6) is 1.10. The van der Waals surface area contributed by atoms with E-state index in [4.69, 9.17) is 0 Å². The quantitative estimate of drug-likeness (QED) is 0.355. The van der Waals surface area contributed by atoms with Crippen molar-refractivity contribution in [2.45, 2.75) is 54.6 Å². The minimum absolute atomic E-state index is 0. The van der Waals surface area contributed by atoms with Gasteiger partial charge in [0, 0.05) is 0 Å². The zero-order valence-corrected chi connectivity index (χ0v) is 20.0. The number of rotatable bonds is 0. The molecule has 22 heavy (non-hydrogen) atoms. The monoisotopic (exact) mass is 432 g/mol. The second-order valence-corrected chi connectivity index (χ2v) is 15.2. The van der Waals surface area contributed by atoms with E-state index in [2.05, 4.69) is 78.9 Å². The summed E-state index contributed by atoms with van der Waals surface area (Å²) < 4.78 is 0. The van der Waals surface area contributed by atoms with Gasteiger partial charge in [0.2, 0.25) is 0 Å². The Bertz CT molecular complexity index is 395. The molecule has 0 saturated heterocycles. The van der Waals surface area contributed by atoms with Crippen LogP contribution in [0.2, 0.25) is 13.1 Å². The first-order valence-corrected chi connectivity index (χ1v) is 13.4. The van der Waals surface area contributed by atoms with Crippen LogP contribution in [0.25, 0.3) is 0 Å². The largest absolute Gasteiger partial charge is 1.00 e. The Morgan fingerprint density at radius 3 is 1.09 bits per heavy atom. The van der Waals surface area contributed by atoms with E-state index in [1.165, 1.54) is 22.3 Å². The van der Waals surface area contributed by atoms with Gasteiger partial charge >= 0.3 is 41.9 Å². The van der Waals surface area contributed by atoms with Gasteiger partial charge in [-0.15, -0.1) is 13.8 Å². The van der Waals surface area contributed by atoms with E-state index in [1.54, 1.807) is 23.3 Å². The van der Waals surface area contributed by atoms with Crippen molar-refractivity contribution in [1.82, 2.24) is 0 Å². The second kappa shape index (κ2) is 14.0. The Kier molecular flexibility index (Phi) is 17.5. The first kappa shape index (κ1) is 27.5. The molecule has 2 unspecified atom stereocenters. The number of hydrogen-bond acceptors (Lipinski definition) is 0. The second-order valence-electron chi connectivity index (χ2n) is 5.82. The third-order valence-corrected chi connectivity index (χ3v) is 3.07. The Labute approximate surface area is 165 Å². The minimum atomic E-state index is 0. The van der Waals surface area contributed by atoms with Gasteiger partial charge in [0.15, 0.2) is 0 Å². The van der Waals surface area contributed by atoms with Crippen molar-refractivity contribution >= 4 is 5.43 Å². The molecular formula is C18H28Cl2SiZr-2. The molecule has 0 amide bonds. The molecule has 0 heterocycles. The topological polar surface area (TPSA) is 0 Å². The molecule has 124 valence electrons. The van der Waals surface area contributed by atoms with E-state index < -0.39 is 0 Å². The third kappa shape index (κ3) is 13.1. The third-order valence-electron chi connectivity index (χ3n) is 3.07. The van der Waals surface area contributed by atoms with Crippen molar-refractivity contribution in [3.05, 3.63) is 46.6 Å². The molecule has 0 aromatic heterocycles. The van der Waals surface area contributed by atoms with Gasteiger partial charge in [-0.1, -0.05) is 39.5 Å². The molecule has 0 aromatic rings. The smallest absolute Gasteiger partial charge is 1.00 e. The summed E-state index contributed by atoms with van der Waals surface area (Å²) in [7, 11) is 0. The molecule has 0 aromatic carbocycles. The zero-order valence-electron chi connectivity index (χ0n) is 15.1. The fourth-order valence-electron chi connectivity index (χ4n) is 1.99. The molecule has 0 bridgehead atoms. The molecule has 2 rings (SSSR count). The average Bonchev–Trinajstić information content (AvgIpc) is 2.70. The van der Waals surface area contributed by atoms with E-state index in [0.29, 0.717) is 11.8 Å². The van der Waals surface area contributed by atoms with Crippen LogP contribution in [-0.2, 0) is 23.3 Å². The van der Waals surface area contributed by atoms with E-state index in [9.17, 15) is 0 Å². The Balaban J connectivity index is -0.000000249. The SMILES string of the molecule is CC1=[C-]C(C)C=C1C.CC1=[C-]C(C)C=C1C.C[Si](C)=[Zr+2].[Cl-].[Cl-]. The standard InChI is InChI=1S/2C8H11.C2H6Si.2ClH.Zr/c2*1-6-4-7(2)8(3)5-6;1-3-2;;;/h2*4,6H,1-3H3;1-2H3;2*1H;/q2*-1;;;;+2/p-2. The first-order valence-electron chi connectivity index (χ1n) is 7.23. The van der Waals surface area contributed by atoms with Crippen molar-refractivity contribution < 1.29 is 48.1 Å². The van der Waals surface area contributed by atoms with Gasteiger partial charge < -0.3 is 24.8 Å². The van der Waals surface area contributed by atoms with E-state index in [1.807, 2.05) is 0 Å². The zero-order chi connectivity index (χ0) is 15.9. The first-order chi connectivity index (χ1) is 9.13.